The predicted molar refractivity (Wildman–Crippen MR) is 117 cm³/mol. The molecule has 0 atom stereocenters. The van der Waals surface area contributed by atoms with Crippen molar-refractivity contribution < 1.29 is 40.3 Å². The van der Waals surface area contributed by atoms with Crippen molar-refractivity contribution in [2.45, 2.75) is 18.4 Å². The SMILES string of the molecule is CC(=O)Nc1ccc(C(=O)Nc2c(F)ccc(NS(=O)(=O)c3cccc(OC(F)F)c3)c2F)cn1. The smallest absolute Gasteiger partial charge is 0.387 e. The van der Waals surface area contributed by atoms with E-state index in [4.69, 9.17) is 0 Å². The maximum absolute atomic E-state index is 14.9. The highest BCUT2D eigenvalue weighted by Crippen LogP contribution is 2.29. The monoisotopic (exact) mass is 512 g/mol. The first-order chi connectivity index (χ1) is 16.5. The first kappa shape index (κ1) is 25.4. The first-order valence-corrected chi connectivity index (χ1v) is 11.1. The van der Waals surface area contributed by atoms with E-state index in [0.29, 0.717) is 6.07 Å². The largest absolute Gasteiger partial charge is 0.435 e. The second kappa shape index (κ2) is 10.4. The number of rotatable bonds is 8. The Kier molecular flexibility index (Phi) is 7.54. The van der Waals surface area contributed by atoms with Gasteiger partial charge in [-0.25, -0.2) is 22.2 Å². The third-order valence-electron chi connectivity index (χ3n) is 4.24. The molecular weight excluding hydrogens is 496 g/mol. The Balaban J connectivity index is 1.83. The molecule has 3 aromatic rings. The molecule has 0 unspecified atom stereocenters. The molecule has 184 valence electrons. The van der Waals surface area contributed by atoms with Gasteiger partial charge in [-0.1, -0.05) is 6.07 Å². The Labute approximate surface area is 196 Å². The number of pyridine rings is 1. The molecule has 3 N–H and O–H groups in total. The lowest BCUT2D eigenvalue weighted by atomic mass is 10.2. The molecule has 0 aliphatic rings. The summed E-state index contributed by atoms with van der Waals surface area (Å²) >= 11 is 0. The summed E-state index contributed by atoms with van der Waals surface area (Å²) < 4.78 is 85.2. The lowest BCUT2D eigenvalue weighted by Gasteiger charge is -2.14. The number of anilines is 3. The third kappa shape index (κ3) is 6.44. The summed E-state index contributed by atoms with van der Waals surface area (Å²) in [6.45, 7) is -1.94. The van der Waals surface area contributed by atoms with E-state index in [1.165, 1.54) is 19.1 Å². The number of carbonyl (C=O) groups is 2. The number of ether oxygens (including phenoxy) is 1. The minimum atomic E-state index is -4.51. The average Bonchev–Trinajstić information content (AvgIpc) is 2.78. The van der Waals surface area contributed by atoms with Crippen LogP contribution in [0.3, 0.4) is 0 Å². The summed E-state index contributed by atoms with van der Waals surface area (Å²) in [5.74, 6) is -4.31. The fraction of sp³-hybridized carbons (Fsp3) is 0.0952. The summed E-state index contributed by atoms with van der Waals surface area (Å²) in [4.78, 5) is 26.7. The van der Waals surface area contributed by atoms with Crippen LogP contribution in [0, 0.1) is 11.6 Å². The minimum absolute atomic E-state index is 0.111. The van der Waals surface area contributed by atoms with E-state index in [2.05, 4.69) is 15.0 Å². The van der Waals surface area contributed by atoms with Gasteiger partial charge in [-0.05, 0) is 36.4 Å². The lowest BCUT2D eigenvalue weighted by molar-refractivity contribution is -0.114. The quantitative estimate of drug-likeness (QED) is 0.392. The van der Waals surface area contributed by atoms with Crippen LogP contribution < -0.4 is 20.1 Å². The van der Waals surface area contributed by atoms with Gasteiger partial charge in [0.05, 0.1) is 16.1 Å². The lowest BCUT2D eigenvalue weighted by Crippen LogP contribution is -2.18. The van der Waals surface area contributed by atoms with Gasteiger partial charge in [-0.15, -0.1) is 0 Å². The summed E-state index contributed by atoms with van der Waals surface area (Å²) in [6.07, 6.45) is 1.05. The Hall–Kier alpha value is -4.20. The number of hydrogen-bond acceptors (Lipinski definition) is 6. The molecule has 9 nitrogen and oxygen atoms in total. The standard InChI is InChI=1S/C21H16F4N4O5S/c1-11(30)27-17-8-5-12(10-26-17)20(31)28-19-15(22)6-7-16(18(19)23)29-35(32,33)14-4-2-3-13(9-14)34-21(24)25/h2-10,21,29H,1H3,(H,28,31)(H,26,27,30). The van der Waals surface area contributed by atoms with E-state index in [-0.39, 0.29) is 11.4 Å². The Bertz CT molecular complexity index is 1370. The van der Waals surface area contributed by atoms with Crippen LogP contribution in [0.2, 0.25) is 0 Å². The molecule has 0 aliphatic heterocycles. The molecule has 0 radical (unpaired) electrons. The maximum Gasteiger partial charge on any atom is 0.387 e. The first-order valence-electron chi connectivity index (χ1n) is 9.57. The molecule has 0 fully saturated rings. The van der Waals surface area contributed by atoms with Gasteiger partial charge in [0, 0.05) is 19.2 Å². The van der Waals surface area contributed by atoms with Gasteiger partial charge in [0.25, 0.3) is 15.9 Å². The molecule has 2 amide bonds. The van der Waals surface area contributed by atoms with Crippen molar-refractivity contribution in [2.75, 3.05) is 15.4 Å². The van der Waals surface area contributed by atoms with Crippen LogP contribution in [-0.4, -0.2) is 31.8 Å². The number of amides is 2. The molecule has 0 saturated heterocycles. The van der Waals surface area contributed by atoms with Gasteiger partial charge in [0.1, 0.15) is 23.1 Å². The molecule has 0 bridgehead atoms. The third-order valence-corrected chi connectivity index (χ3v) is 5.61. The van der Waals surface area contributed by atoms with Gasteiger partial charge >= 0.3 is 6.61 Å². The average molecular weight is 512 g/mol. The van der Waals surface area contributed by atoms with Crippen molar-refractivity contribution in [3.63, 3.8) is 0 Å². The summed E-state index contributed by atoms with van der Waals surface area (Å²) in [6, 6.07) is 8.08. The number of hydrogen-bond donors (Lipinski definition) is 3. The van der Waals surface area contributed by atoms with E-state index in [1.54, 1.807) is 0 Å². The Morgan fingerprint density at radius 3 is 2.40 bits per heavy atom. The van der Waals surface area contributed by atoms with Crippen molar-refractivity contribution in [2.24, 2.45) is 0 Å². The number of carbonyl (C=O) groups excluding carboxylic acids is 2. The van der Waals surface area contributed by atoms with Crippen molar-refractivity contribution in [3.8, 4) is 5.75 Å². The van der Waals surface area contributed by atoms with Crippen molar-refractivity contribution >= 4 is 39.0 Å². The van der Waals surface area contributed by atoms with E-state index in [0.717, 1.165) is 36.5 Å². The zero-order valence-corrected chi connectivity index (χ0v) is 18.5. The molecular formula is C21H16F4N4O5S. The second-order valence-electron chi connectivity index (χ2n) is 6.81. The molecule has 14 heteroatoms. The highest BCUT2D eigenvalue weighted by atomic mass is 32.2. The van der Waals surface area contributed by atoms with Crippen molar-refractivity contribution in [1.82, 2.24) is 4.98 Å². The number of nitrogens with one attached hydrogen (secondary N) is 3. The maximum atomic E-state index is 14.9. The zero-order chi connectivity index (χ0) is 25.8. The summed E-state index contributed by atoms with van der Waals surface area (Å²) in [5.41, 5.74) is -1.78. The summed E-state index contributed by atoms with van der Waals surface area (Å²) in [7, 11) is -4.51. The van der Waals surface area contributed by atoms with Crippen LogP contribution in [0.5, 0.6) is 5.75 Å². The number of sulfonamides is 1. The molecule has 0 spiro atoms. The van der Waals surface area contributed by atoms with Gasteiger partial charge in [0.2, 0.25) is 5.91 Å². The molecule has 2 aromatic carbocycles. The van der Waals surface area contributed by atoms with Gasteiger partial charge in [-0.3, -0.25) is 14.3 Å². The fourth-order valence-electron chi connectivity index (χ4n) is 2.74. The van der Waals surface area contributed by atoms with E-state index in [9.17, 15) is 35.6 Å². The fourth-order valence-corrected chi connectivity index (χ4v) is 3.83. The van der Waals surface area contributed by atoms with Crippen LogP contribution in [-0.2, 0) is 14.8 Å². The molecule has 1 aromatic heterocycles. The highest BCUT2D eigenvalue weighted by molar-refractivity contribution is 7.92. The van der Waals surface area contributed by atoms with Crippen molar-refractivity contribution in [1.29, 1.82) is 0 Å². The molecule has 1 heterocycles. The van der Waals surface area contributed by atoms with E-state index in [1.807, 2.05) is 10.0 Å². The van der Waals surface area contributed by atoms with Crippen molar-refractivity contribution in [3.05, 3.63) is 71.9 Å². The van der Waals surface area contributed by atoms with E-state index < -0.39 is 62.1 Å². The molecule has 0 saturated carbocycles. The zero-order valence-electron chi connectivity index (χ0n) is 17.7. The van der Waals surface area contributed by atoms with Crippen LogP contribution in [0.1, 0.15) is 17.3 Å². The topological polar surface area (TPSA) is 126 Å². The number of aromatic nitrogens is 1. The summed E-state index contributed by atoms with van der Waals surface area (Å²) in [5, 5.41) is 4.38. The van der Waals surface area contributed by atoms with Crippen LogP contribution in [0.4, 0.5) is 34.8 Å². The van der Waals surface area contributed by atoms with Crippen LogP contribution in [0.15, 0.2) is 59.6 Å². The number of nitrogens with zero attached hydrogens (tertiary/aromatic N) is 1. The molecule has 0 aliphatic carbocycles. The number of halogens is 4. The predicted octanol–water partition coefficient (Wildman–Crippen LogP) is 3.97. The minimum Gasteiger partial charge on any atom is -0.435 e. The van der Waals surface area contributed by atoms with Gasteiger partial charge in [-0.2, -0.15) is 8.78 Å². The van der Waals surface area contributed by atoms with Gasteiger partial charge in [0.15, 0.2) is 5.82 Å². The number of alkyl halides is 2. The molecule has 35 heavy (non-hydrogen) atoms. The normalized spacial score (nSPS) is 11.1. The van der Waals surface area contributed by atoms with Crippen LogP contribution >= 0.6 is 0 Å². The Morgan fingerprint density at radius 2 is 1.77 bits per heavy atom. The highest BCUT2D eigenvalue weighted by Gasteiger charge is 2.22. The second-order valence-corrected chi connectivity index (χ2v) is 8.49. The molecule has 3 rings (SSSR count). The number of benzene rings is 2. The van der Waals surface area contributed by atoms with Crippen LogP contribution in [0.25, 0.3) is 0 Å². The Morgan fingerprint density at radius 1 is 1.03 bits per heavy atom. The van der Waals surface area contributed by atoms with Gasteiger partial charge < -0.3 is 15.4 Å². The van der Waals surface area contributed by atoms with E-state index >= 15 is 0 Å².